The molecule has 3 aliphatic rings. The van der Waals surface area contributed by atoms with Crippen LogP contribution >= 0.6 is 0 Å². The number of hydrogen-bond acceptors (Lipinski definition) is 4. The quantitative estimate of drug-likeness (QED) is 0.637. The lowest BCUT2D eigenvalue weighted by Crippen LogP contribution is -2.25. The fourth-order valence-electron chi connectivity index (χ4n) is 5.28. The second-order valence-corrected chi connectivity index (χ2v) is 9.23. The SMILES string of the molecule is Oc1cc2c(c3c1=c1ccccc1=CC=C3)COC(c1ccc(OCCN3CCCC3)cc1)C=2. The number of ether oxygens (including phenoxy) is 2. The molecule has 0 bridgehead atoms. The predicted octanol–water partition coefficient (Wildman–Crippen LogP) is 4.01. The Morgan fingerprint density at radius 3 is 2.68 bits per heavy atom. The Morgan fingerprint density at radius 1 is 1.00 bits per heavy atom. The van der Waals surface area contributed by atoms with Crippen LogP contribution in [-0.2, 0) is 11.3 Å². The lowest BCUT2D eigenvalue weighted by atomic mass is 9.96. The highest BCUT2D eigenvalue weighted by Crippen LogP contribution is 2.29. The van der Waals surface area contributed by atoms with E-state index in [-0.39, 0.29) is 6.10 Å². The fraction of sp³-hybridized carbons (Fsp3) is 0.267. The van der Waals surface area contributed by atoms with Gasteiger partial charge in [0.2, 0.25) is 0 Å². The van der Waals surface area contributed by atoms with Crippen LogP contribution in [0.25, 0.3) is 18.2 Å². The molecule has 0 aromatic heterocycles. The van der Waals surface area contributed by atoms with Crippen LogP contribution in [0.2, 0.25) is 0 Å². The topological polar surface area (TPSA) is 41.9 Å². The van der Waals surface area contributed by atoms with Gasteiger partial charge < -0.3 is 14.6 Å². The van der Waals surface area contributed by atoms with E-state index in [0.29, 0.717) is 12.4 Å². The van der Waals surface area contributed by atoms with Gasteiger partial charge in [-0.25, -0.2) is 0 Å². The van der Waals surface area contributed by atoms with Gasteiger partial charge in [-0.3, -0.25) is 4.90 Å². The molecule has 2 aliphatic heterocycles. The molecule has 4 nitrogen and oxygen atoms in total. The Labute approximate surface area is 199 Å². The van der Waals surface area contributed by atoms with E-state index in [1.54, 1.807) is 0 Å². The molecule has 3 aromatic rings. The van der Waals surface area contributed by atoms with Gasteiger partial charge in [0.25, 0.3) is 0 Å². The molecule has 0 saturated carbocycles. The number of rotatable bonds is 5. The number of nitrogens with zero attached hydrogens (tertiary/aromatic N) is 1. The molecule has 3 aromatic carbocycles. The number of phenols is 1. The summed E-state index contributed by atoms with van der Waals surface area (Å²) in [6.45, 7) is 4.59. The highest BCUT2D eigenvalue weighted by Gasteiger charge is 2.19. The van der Waals surface area contributed by atoms with Crippen molar-refractivity contribution in [1.29, 1.82) is 0 Å². The number of phenolic OH excluding ortho intramolecular Hbond substituents is 1. The Hall–Kier alpha value is -3.34. The van der Waals surface area contributed by atoms with Crippen molar-refractivity contribution in [2.75, 3.05) is 26.2 Å². The molecule has 1 saturated heterocycles. The fourth-order valence-corrected chi connectivity index (χ4v) is 5.28. The summed E-state index contributed by atoms with van der Waals surface area (Å²) >= 11 is 0. The monoisotopic (exact) mass is 451 g/mol. The lowest BCUT2D eigenvalue weighted by molar-refractivity contribution is 0.0757. The first kappa shape index (κ1) is 21.2. The second kappa shape index (κ2) is 9.13. The molecule has 1 fully saturated rings. The minimum absolute atomic E-state index is 0.155. The van der Waals surface area contributed by atoms with Gasteiger partial charge in [0.05, 0.1) is 6.61 Å². The Balaban J connectivity index is 1.28. The normalized spacial score (nSPS) is 18.8. The van der Waals surface area contributed by atoms with E-state index in [1.165, 1.54) is 25.9 Å². The first-order valence-electron chi connectivity index (χ1n) is 12.2. The van der Waals surface area contributed by atoms with Crippen molar-refractivity contribution in [3.63, 3.8) is 0 Å². The largest absolute Gasteiger partial charge is 0.507 e. The predicted molar refractivity (Wildman–Crippen MR) is 135 cm³/mol. The standard InChI is InChI=1S/C30H29NO3/c32-28-18-23-19-29(22-10-12-24(13-11-22)33-17-16-31-14-3-4-15-31)34-20-27(23)26-9-5-7-21-6-1-2-8-25(21)30(26)28/h1-2,5-13,18-19,29,32H,3-4,14-17,20H2. The van der Waals surface area contributed by atoms with Crippen molar-refractivity contribution < 1.29 is 14.6 Å². The number of allylic oxidation sites excluding steroid dienone is 1. The van der Waals surface area contributed by atoms with Crippen molar-refractivity contribution in [2.45, 2.75) is 25.6 Å². The summed E-state index contributed by atoms with van der Waals surface area (Å²) in [7, 11) is 0. The van der Waals surface area contributed by atoms with Gasteiger partial charge in [0, 0.05) is 11.8 Å². The number of likely N-dealkylation sites (tertiary alicyclic amines) is 1. The molecule has 172 valence electrons. The average molecular weight is 452 g/mol. The van der Waals surface area contributed by atoms with E-state index in [1.807, 2.05) is 30.3 Å². The van der Waals surface area contributed by atoms with Gasteiger partial charge in [-0.2, -0.15) is 0 Å². The van der Waals surface area contributed by atoms with E-state index in [2.05, 4.69) is 53.5 Å². The van der Waals surface area contributed by atoms with Crippen LogP contribution in [0.4, 0.5) is 0 Å². The van der Waals surface area contributed by atoms with Crippen molar-refractivity contribution in [1.82, 2.24) is 4.90 Å². The maximum Gasteiger partial charge on any atom is 0.124 e. The van der Waals surface area contributed by atoms with Crippen LogP contribution in [-0.4, -0.2) is 36.2 Å². The third-order valence-corrected chi connectivity index (χ3v) is 7.08. The van der Waals surface area contributed by atoms with Crippen LogP contribution in [0.5, 0.6) is 11.5 Å². The zero-order chi connectivity index (χ0) is 22.9. The molecule has 6 rings (SSSR count). The molecule has 0 spiro atoms. The second-order valence-electron chi connectivity index (χ2n) is 9.23. The lowest BCUT2D eigenvalue weighted by Gasteiger charge is -2.22. The van der Waals surface area contributed by atoms with Crippen molar-refractivity contribution >= 4 is 18.2 Å². The molecule has 1 unspecified atom stereocenters. The molecule has 1 N–H and O–H groups in total. The van der Waals surface area contributed by atoms with Crippen LogP contribution in [0.3, 0.4) is 0 Å². The maximum atomic E-state index is 11.0. The molecule has 1 atom stereocenters. The molecule has 2 heterocycles. The Kier molecular flexibility index (Phi) is 5.69. The summed E-state index contributed by atoms with van der Waals surface area (Å²) in [6.07, 6.45) is 10.8. The van der Waals surface area contributed by atoms with E-state index < -0.39 is 0 Å². The summed E-state index contributed by atoms with van der Waals surface area (Å²) in [4.78, 5) is 2.46. The molecular formula is C30H29NO3. The van der Waals surface area contributed by atoms with Gasteiger partial charge in [-0.05, 0) is 82.6 Å². The van der Waals surface area contributed by atoms with E-state index >= 15 is 0 Å². The third-order valence-electron chi connectivity index (χ3n) is 7.08. The number of fused-ring (bicyclic) bond motifs is 4. The van der Waals surface area contributed by atoms with Crippen LogP contribution in [0.15, 0.2) is 60.7 Å². The van der Waals surface area contributed by atoms with E-state index in [4.69, 9.17) is 9.47 Å². The molecule has 1 aliphatic carbocycles. The van der Waals surface area contributed by atoms with Crippen molar-refractivity contribution in [3.8, 4) is 11.5 Å². The molecule has 34 heavy (non-hydrogen) atoms. The minimum Gasteiger partial charge on any atom is -0.507 e. The van der Waals surface area contributed by atoms with Gasteiger partial charge in [0.1, 0.15) is 24.2 Å². The van der Waals surface area contributed by atoms with Crippen molar-refractivity contribution in [3.05, 3.63) is 98.2 Å². The molecule has 0 amide bonds. The summed E-state index contributed by atoms with van der Waals surface area (Å²) in [6, 6.07) is 18.3. The Bertz CT molecular complexity index is 1450. The number of hydrogen-bond donors (Lipinski definition) is 1. The summed E-state index contributed by atoms with van der Waals surface area (Å²) in [5.41, 5.74) is 3.24. The van der Waals surface area contributed by atoms with Crippen LogP contribution in [0.1, 0.15) is 35.6 Å². The first-order chi connectivity index (χ1) is 16.8. The van der Waals surface area contributed by atoms with E-state index in [0.717, 1.165) is 56.5 Å². The zero-order valence-corrected chi connectivity index (χ0v) is 19.2. The van der Waals surface area contributed by atoms with Gasteiger partial charge in [-0.15, -0.1) is 0 Å². The molecule has 4 heteroatoms. The number of aromatic hydroxyl groups is 1. The molecular weight excluding hydrogens is 422 g/mol. The highest BCUT2D eigenvalue weighted by atomic mass is 16.5. The first-order valence-corrected chi connectivity index (χ1v) is 12.2. The summed E-state index contributed by atoms with van der Waals surface area (Å²) in [5.74, 6) is 1.20. The van der Waals surface area contributed by atoms with Gasteiger partial charge in [-0.1, -0.05) is 54.6 Å². The van der Waals surface area contributed by atoms with Gasteiger partial charge in [0.15, 0.2) is 0 Å². The summed E-state index contributed by atoms with van der Waals surface area (Å²) in [5, 5.41) is 15.1. The zero-order valence-electron chi connectivity index (χ0n) is 19.2. The smallest absolute Gasteiger partial charge is 0.124 e. The highest BCUT2D eigenvalue weighted by molar-refractivity contribution is 5.66. The van der Waals surface area contributed by atoms with E-state index in [9.17, 15) is 5.11 Å². The molecule has 0 radical (unpaired) electrons. The van der Waals surface area contributed by atoms with Crippen molar-refractivity contribution in [2.24, 2.45) is 0 Å². The average Bonchev–Trinajstić information content (AvgIpc) is 3.30. The van der Waals surface area contributed by atoms with Crippen LogP contribution < -0.4 is 15.2 Å². The van der Waals surface area contributed by atoms with Crippen LogP contribution in [0, 0.1) is 10.4 Å². The Morgan fingerprint density at radius 2 is 1.82 bits per heavy atom. The van der Waals surface area contributed by atoms with Gasteiger partial charge >= 0.3 is 0 Å². The number of benzene rings is 3. The third kappa shape index (κ3) is 4.04. The summed E-state index contributed by atoms with van der Waals surface area (Å²) < 4.78 is 12.2. The maximum absolute atomic E-state index is 11.0. The minimum atomic E-state index is -0.155.